The van der Waals surface area contributed by atoms with Gasteiger partial charge < -0.3 is 4.74 Å². The Hall–Kier alpha value is -1.61. The van der Waals surface area contributed by atoms with Gasteiger partial charge in [0.15, 0.2) is 5.12 Å². The lowest BCUT2D eigenvalue weighted by Crippen LogP contribution is -2.17. The predicted octanol–water partition coefficient (Wildman–Crippen LogP) is 3.61. The maximum absolute atomic E-state index is 12.1. The van der Waals surface area contributed by atoms with Crippen molar-refractivity contribution in [1.29, 1.82) is 0 Å². The van der Waals surface area contributed by atoms with E-state index in [-0.39, 0.29) is 16.4 Å². The van der Waals surface area contributed by atoms with Crippen LogP contribution < -0.4 is 4.74 Å². The molecule has 1 rings (SSSR count). The van der Waals surface area contributed by atoms with Crippen LogP contribution in [0.25, 0.3) is 0 Å². The Balaban J connectivity index is 2.68. The highest BCUT2D eigenvalue weighted by molar-refractivity contribution is 8.13. The normalized spacial score (nSPS) is 10.5. The van der Waals surface area contributed by atoms with E-state index in [0.29, 0.717) is 12.2 Å². The molecule has 2 nitrogen and oxygen atoms in total. The third-order valence-electron chi connectivity index (χ3n) is 1.87. The Morgan fingerprint density at radius 1 is 1.37 bits per heavy atom. The van der Waals surface area contributed by atoms with Crippen molar-refractivity contribution in [2.45, 2.75) is 19.7 Å². The first kappa shape index (κ1) is 15.4. The third kappa shape index (κ3) is 6.77. The van der Waals surface area contributed by atoms with Gasteiger partial charge in [0.05, 0.1) is 5.56 Å². The quantitative estimate of drug-likeness (QED) is 0.628. The van der Waals surface area contributed by atoms with Crippen molar-refractivity contribution in [3.8, 4) is 17.6 Å². The van der Waals surface area contributed by atoms with Crippen molar-refractivity contribution in [3.63, 3.8) is 0 Å². The van der Waals surface area contributed by atoms with Gasteiger partial charge in [0.1, 0.15) is 5.75 Å². The van der Waals surface area contributed by atoms with Crippen molar-refractivity contribution in [2.24, 2.45) is 0 Å². The molecule has 0 radical (unpaired) electrons. The van der Waals surface area contributed by atoms with Gasteiger partial charge in [0.2, 0.25) is 0 Å². The predicted molar refractivity (Wildman–Crippen MR) is 67.8 cm³/mol. The average Bonchev–Trinajstić information content (AvgIpc) is 2.28. The van der Waals surface area contributed by atoms with E-state index >= 15 is 0 Å². The van der Waals surface area contributed by atoms with Gasteiger partial charge in [-0.2, -0.15) is 0 Å². The molecular formula is C13H11F3O2S. The molecule has 19 heavy (non-hydrogen) atoms. The number of carbonyl (C=O) groups excluding carboxylic acids is 1. The molecule has 6 heteroatoms. The molecule has 0 aliphatic heterocycles. The number of ether oxygens (including phenoxy) is 1. The molecule has 0 unspecified atom stereocenters. The van der Waals surface area contributed by atoms with Gasteiger partial charge in [-0.25, -0.2) is 0 Å². The van der Waals surface area contributed by atoms with Crippen LogP contribution in [0.1, 0.15) is 18.9 Å². The highest BCUT2D eigenvalue weighted by Crippen LogP contribution is 2.25. The third-order valence-corrected chi connectivity index (χ3v) is 2.68. The number of hydrogen-bond acceptors (Lipinski definition) is 3. The summed E-state index contributed by atoms with van der Waals surface area (Å²) < 4.78 is 40.3. The molecule has 0 amide bonds. The van der Waals surface area contributed by atoms with Crippen LogP contribution in [-0.2, 0) is 4.79 Å². The van der Waals surface area contributed by atoms with Gasteiger partial charge in [-0.3, -0.25) is 4.79 Å². The summed E-state index contributed by atoms with van der Waals surface area (Å²) in [5, 5.41) is -0.0115. The summed E-state index contributed by atoms with van der Waals surface area (Å²) in [6, 6.07) is 5.68. The van der Waals surface area contributed by atoms with E-state index in [4.69, 9.17) is 0 Å². The molecule has 0 heterocycles. The van der Waals surface area contributed by atoms with Crippen molar-refractivity contribution in [3.05, 3.63) is 29.8 Å². The van der Waals surface area contributed by atoms with Crippen LogP contribution in [0, 0.1) is 11.8 Å². The van der Waals surface area contributed by atoms with Crippen LogP contribution in [0.2, 0.25) is 0 Å². The average molecular weight is 288 g/mol. The lowest BCUT2D eigenvalue weighted by atomic mass is 10.2. The number of rotatable bonds is 3. The highest BCUT2D eigenvalue weighted by Gasteiger charge is 2.31. The molecule has 0 N–H and O–H groups in total. The number of para-hydroxylation sites is 1. The van der Waals surface area contributed by atoms with E-state index in [2.05, 4.69) is 16.6 Å². The second-order valence-corrected chi connectivity index (χ2v) is 4.71. The summed E-state index contributed by atoms with van der Waals surface area (Å²) in [5.74, 6) is 5.52. The van der Waals surface area contributed by atoms with Crippen molar-refractivity contribution in [1.82, 2.24) is 0 Å². The second-order valence-electron chi connectivity index (χ2n) is 3.44. The maximum atomic E-state index is 12.1. The van der Waals surface area contributed by atoms with Crippen LogP contribution in [0.3, 0.4) is 0 Å². The van der Waals surface area contributed by atoms with Crippen LogP contribution in [0.15, 0.2) is 24.3 Å². The first-order chi connectivity index (χ1) is 8.88. The number of carbonyl (C=O) groups is 1. The van der Waals surface area contributed by atoms with Crippen LogP contribution in [0.4, 0.5) is 13.2 Å². The molecule has 0 aliphatic carbocycles. The summed E-state index contributed by atoms with van der Waals surface area (Å²) in [6.45, 7) is 1.45. The Kier molecular flexibility index (Phi) is 5.77. The molecule has 0 saturated heterocycles. The zero-order valence-corrected chi connectivity index (χ0v) is 10.9. The van der Waals surface area contributed by atoms with E-state index in [1.54, 1.807) is 6.07 Å². The fourth-order valence-corrected chi connectivity index (χ4v) is 1.68. The Labute approximate surface area is 113 Å². The van der Waals surface area contributed by atoms with Gasteiger partial charge in [0.25, 0.3) is 0 Å². The first-order valence-corrected chi connectivity index (χ1v) is 6.34. The Morgan fingerprint density at radius 3 is 2.68 bits per heavy atom. The lowest BCUT2D eigenvalue weighted by molar-refractivity contribution is -0.274. The van der Waals surface area contributed by atoms with Crippen LogP contribution in [-0.4, -0.2) is 17.2 Å². The fraction of sp³-hybridized carbons (Fsp3) is 0.308. The van der Waals surface area contributed by atoms with Crippen molar-refractivity contribution < 1.29 is 22.7 Å². The number of thioether (sulfide) groups is 1. The minimum atomic E-state index is -4.73. The SMILES string of the molecule is CC(=O)SCCC#Cc1ccccc1OC(F)(F)F. The summed E-state index contributed by atoms with van der Waals surface area (Å²) in [7, 11) is 0. The van der Waals surface area contributed by atoms with Gasteiger partial charge in [-0.1, -0.05) is 35.7 Å². The van der Waals surface area contributed by atoms with Gasteiger partial charge >= 0.3 is 6.36 Å². The molecule has 0 aromatic heterocycles. The monoisotopic (exact) mass is 288 g/mol. The smallest absolute Gasteiger partial charge is 0.404 e. The standard InChI is InChI=1S/C13H11F3O2S/c1-10(17)19-9-5-4-7-11-6-2-3-8-12(11)18-13(14,15)16/h2-3,6,8H,5,9H2,1H3. The van der Waals surface area contributed by atoms with E-state index in [1.807, 2.05) is 0 Å². The molecule has 102 valence electrons. The Morgan fingerprint density at radius 2 is 2.05 bits per heavy atom. The van der Waals surface area contributed by atoms with Crippen LogP contribution >= 0.6 is 11.8 Å². The minimum absolute atomic E-state index is 0.0115. The first-order valence-electron chi connectivity index (χ1n) is 5.35. The second kappa shape index (κ2) is 7.10. The molecule has 1 aromatic carbocycles. The van der Waals surface area contributed by atoms with E-state index in [9.17, 15) is 18.0 Å². The van der Waals surface area contributed by atoms with Gasteiger partial charge in [-0.15, -0.1) is 13.2 Å². The number of hydrogen-bond donors (Lipinski definition) is 0. The van der Waals surface area contributed by atoms with Crippen LogP contribution in [0.5, 0.6) is 5.75 Å². The van der Waals surface area contributed by atoms with E-state index in [0.717, 1.165) is 11.8 Å². The van der Waals surface area contributed by atoms with E-state index in [1.165, 1.54) is 25.1 Å². The molecule has 1 aromatic rings. The zero-order valence-electron chi connectivity index (χ0n) is 10.1. The van der Waals surface area contributed by atoms with E-state index < -0.39 is 6.36 Å². The maximum Gasteiger partial charge on any atom is 0.573 e. The van der Waals surface area contributed by atoms with Crippen molar-refractivity contribution >= 4 is 16.9 Å². The largest absolute Gasteiger partial charge is 0.573 e. The number of alkyl halides is 3. The number of halogens is 3. The van der Waals surface area contributed by atoms with Gasteiger partial charge in [-0.05, 0) is 12.1 Å². The zero-order chi connectivity index (χ0) is 14.3. The molecule has 0 saturated carbocycles. The molecule has 0 aliphatic rings. The molecule has 0 bridgehead atoms. The topological polar surface area (TPSA) is 26.3 Å². The van der Waals surface area contributed by atoms with Gasteiger partial charge in [0, 0.05) is 19.1 Å². The lowest BCUT2D eigenvalue weighted by Gasteiger charge is -2.09. The number of benzene rings is 1. The summed E-state index contributed by atoms with van der Waals surface area (Å²) >= 11 is 1.13. The molecular weight excluding hydrogens is 277 g/mol. The summed E-state index contributed by atoms with van der Waals surface area (Å²) in [4.78, 5) is 10.7. The van der Waals surface area contributed by atoms with Crippen molar-refractivity contribution in [2.75, 3.05) is 5.75 Å². The molecule has 0 atom stereocenters. The molecule has 0 spiro atoms. The molecule has 0 fully saturated rings. The fourth-order valence-electron chi connectivity index (χ4n) is 1.19. The summed E-state index contributed by atoms with van der Waals surface area (Å²) in [6.07, 6.45) is -4.31. The Bertz CT molecular complexity index is 501. The summed E-state index contributed by atoms with van der Waals surface area (Å²) in [5.41, 5.74) is 0.174. The highest BCUT2D eigenvalue weighted by atomic mass is 32.2. The minimum Gasteiger partial charge on any atom is -0.404 e.